The lowest BCUT2D eigenvalue weighted by Gasteiger charge is -2.09. The summed E-state index contributed by atoms with van der Waals surface area (Å²) in [6.07, 6.45) is -3.51. The SMILES string of the molecule is CCOC(=O)NCCC(=O)NCCCNc1ccc(C(F)(F)F)cn1. The topological polar surface area (TPSA) is 92.3 Å². The van der Waals surface area contributed by atoms with Crippen molar-refractivity contribution in [3.63, 3.8) is 0 Å². The van der Waals surface area contributed by atoms with E-state index >= 15 is 0 Å². The van der Waals surface area contributed by atoms with Gasteiger partial charge in [-0.05, 0) is 25.5 Å². The molecule has 1 aromatic rings. The number of alkyl halides is 3. The van der Waals surface area contributed by atoms with Crippen LogP contribution in [-0.4, -0.2) is 43.2 Å². The number of amides is 2. The maximum absolute atomic E-state index is 12.4. The van der Waals surface area contributed by atoms with E-state index < -0.39 is 17.8 Å². The lowest BCUT2D eigenvalue weighted by Crippen LogP contribution is -2.31. The van der Waals surface area contributed by atoms with Gasteiger partial charge in [0.05, 0.1) is 12.2 Å². The molecule has 1 rings (SSSR count). The van der Waals surface area contributed by atoms with E-state index in [-0.39, 0.29) is 25.5 Å². The normalized spacial score (nSPS) is 10.9. The molecule has 0 saturated carbocycles. The van der Waals surface area contributed by atoms with Gasteiger partial charge in [0, 0.05) is 32.3 Å². The molecule has 2 amide bonds. The third kappa shape index (κ3) is 8.77. The Balaban J connectivity index is 2.11. The second-order valence-electron chi connectivity index (χ2n) is 4.96. The number of nitrogens with one attached hydrogen (secondary N) is 3. The minimum absolute atomic E-state index is 0.132. The van der Waals surface area contributed by atoms with Crippen molar-refractivity contribution in [3.05, 3.63) is 23.9 Å². The van der Waals surface area contributed by atoms with Crippen molar-refractivity contribution in [1.82, 2.24) is 15.6 Å². The van der Waals surface area contributed by atoms with E-state index in [1.807, 2.05) is 0 Å². The molecule has 0 fully saturated rings. The fourth-order valence-electron chi connectivity index (χ4n) is 1.75. The van der Waals surface area contributed by atoms with E-state index in [0.29, 0.717) is 25.3 Å². The van der Waals surface area contributed by atoms with Crippen LogP contribution in [0, 0.1) is 0 Å². The summed E-state index contributed by atoms with van der Waals surface area (Å²) in [4.78, 5) is 26.2. The fraction of sp³-hybridized carbons (Fsp3) is 0.533. The van der Waals surface area contributed by atoms with Gasteiger partial charge in [-0.15, -0.1) is 0 Å². The molecular formula is C15H21F3N4O3. The minimum Gasteiger partial charge on any atom is -0.450 e. The third-order valence-corrected chi connectivity index (χ3v) is 2.97. The first kappa shape index (κ1) is 20.5. The zero-order valence-corrected chi connectivity index (χ0v) is 13.8. The summed E-state index contributed by atoms with van der Waals surface area (Å²) >= 11 is 0. The van der Waals surface area contributed by atoms with Crippen molar-refractivity contribution < 1.29 is 27.5 Å². The zero-order valence-electron chi connectivity index (χ0n) is 13.8. The van der Waals surface area contributed by atoms with Gasteiger partial charge in [-0.2, -0.15) is 13.2 Å². The van der Waals surface area contributed by atoms with Gasteiger partial charge in [0.25, 0.3) is 0 Å². The first-order valence-electron chi connectivity index (χ1n) is 7.77. The van der Waals surface area contributed by atoms with E-state index in [0.717, 1.165) is 12.3 Å². The molecule has 0 saturated heterocycles. The molecule has 3 N–H and O–H groups in total. The number of anilines is 1. The molecule has 140 valence electrons. The number of carbonyl (C=O) groups excluding carboxylic acids is 2. The van der Waals surface area contributed by atoms with Crippen molar-refractivity contribution >= 4 is 17.8 Å². The first-order valence-corrected chi connectivity index (χ1v) is 7.77. The van der Waals surface area contributed by atoms with Gasteiger partial charge >= 0.3 is 12.3 Å². The summed E-state index contributed by atoms with van der Waals surface area (Å²) in [5.41, 5.74) is -0.804. The molecule has 25 heavy (non-hydrogen) atoms. The van der Waals surface area contributed by atoms with Crippen LogP contribution in [0.5, 0.6) is 0 Å². The predicted octanol–water partition coefficient (Wildman–Crippen LogP) is 2.15. The Morgan fingerprint density at radius 2 is 1.92 bits per heavy atom. The van der Waals surface area contributed by atoms with Crippen LogP contribution in [0.4, 0.5) is 23.8 Å². The van der Waals surface area contributed by atoms with E-state index in [4.69, 9.17) is 0 Å². The van der Waals surface area contributed by atoms with Gasteiger partial charge in [-0.1, -0.05) is 0 Å². The van der Waals surface area contributed by atoms with Crippen LogP contribution in [0.2, 0.25) is 0 Å². The number of ether oxygens (including phenoxy) is 1. The maximum Gasteiger partial charge on any atom is 0.417 e. The molecule has 0 aliphatic carbocycles. The average Bonchev–Trinajstić information content (AvgIpc) is 2.54. The van der Waals surface area contributed by atoms with E-state index in [1.54, 1.807) is 6.92 Å². The van der Waals surface area contributed by atoms with Crippen molar-refractivity contribution in [2.75, 3.05) is 31.6 Å². The molecule has 0 radical (unpaired) electrons. The fourth-order valence-corrected chi connectivity index (χ4v) is 1.75. The molecule has 0 spiro atoms. The summed E-state index contributed by atoms with van der Waals surface area (Å²) in [6, 6.07) is 2.20. The first-order chi connectivity index (χ1) is 11.8. The number of pyridine rings is 1. The van der Waals surface area contributed by atoms with Crippen LogP contribution in [0.1, 0.15) is 25.3 Å². The number of aromatic nitrogens is 1. The smallest absolute Gasteiger partial charge is 0.417 e. The highest BCUT2D eigenvalue weighted by atomic mass is 19.4. The summed E-state index contributed by atoms with van der Waals surface area (Å²) in [5.74, 6) is 0.113. The van der Waals surface area contributed by atoms with E-state index in [1.165, 1.54) is 6.07 Å². The Bertz CT molecular complexity index is 550. The van der Waals surface area contributed by atoms with Crippen LogP contribution in [0.15, 0.2) is 18.3 Å². The Kier molecular flexibility index (Phi) is 8.51. The van der Waals surface area contributed by atoms with E-state index in [9.17, 15) is 22.8 Å². The van der Waals surface area contributed by atoms with Crippen molar-refractivity contribution in [3.8, 4) is 0 Å². The molecule has 0 atom stereocenters. The van der Waals surface area contributed by atoms with Gasteiger partial charge in [-0.25, -0.2) is 9.78 Å². The molecule has 0 bridgehead atoms. The molecule has 7 nitrogen and oxygen atoms in total. The van der Waals surface area contributed by atoms with Crippen LogP contribution in [0.25, 0.3) is 0 Å². The molecular weight excluding hydrogens is 341 g/mol. The highest BCUT2D eigenvalue weighted by molar-refractivity contribution is 5.76. The number of hydrogen-bond donors (Lipinski definition) is 3. The molecule has 0 aliphatic rings. The largest absolute Gasteiger partial charge is 0.450 e. The summed E-state index contributed by atoms with van der Waals surface area (Å²) < 4.78 is 41.8. The molecule has 0 aromatic carbocycles. The van der Waals surface area contributed by atoms with Crippen LogP contribution >= 0.6 is 0 Å². The quantitative estimate of drug-likeness (QED) is 0.586. The second-order valence-corrected chi connectivity index (χ2v) is 4.96. The Morgan fingerprint density at radius 3 is 2.52 bits per heavy atom. The van der Waals surface area contributed by atoms with Crippen LogP contribution < -0.4 is 16.0 Å². The number of hydrogen-bond acceptors (Lipinski definition) is 5. The summed E-state index contributed by atoms with van der Waals surface area (Å²) in [5, 5.41) is 7.96. The Labute approximate surface area is 143 Å². The number of halogens is 3. The number of carbonyl (C=O) groups is 2. The number of rotatable bonds is 9. The van der Waals surface area contributed by atoms with Gasteiger partial charge in [-0.3, -0.25) is 4.79 Å². The van der Waals surface area contributed by atoms with Gasteiger partial charge in [0.1, 0.15) is 5.82 Å². The van der Waals surface area contributed by atoms with Crippen molar-refractivity contribution in [2.45, 2.75) is 25.9 Å². The van der Waals surface area contributed by atoms with Crippen LogP contribution in [0.3, 0.4) is 0 Å². The Morgan fingerprint density at radius 1 is 1.16 bits per heavy atom. The lowest BCUT2D eigenvalue weighted by molar-refractivity contribution is -0.137. The highest BCUT2D eigenvalue weighted by Gasteiger charge is 2.30. The molecule has 0 aliphatic heterocycles. The van der Waals surface area contributed by atoms with Crippen molar-refractivity contribution in [1.29, 1.82) is 0 Å². The van der Waals surface area contributed by atoms with E-state index in [2.05, 4.69) is 25.7 Å². The van der Waals surface area contributed by atoms with Gasteiger partial charge < -0.3 is 20.7 Å². The number of alkyl carbamates (subject to hydrolysis) is 1. The van der Waals surface area contributed by atoms with Gasteiger partial charge in [0.15, 0.2) is 0 Å². The molecule has 1 heterocycles. The maximum atomic E-state index is 12.4. The number of nitrogens with zero attached hydrogens (tertiary/aromatic N) is 1. The average molecular weight is 362 g/mol. The summed E-state index contributed by atoms with van der Waals surface area (Å²) in [6.45, 7) is 2.96. The predicted molar refractivity (Wildman–Crippen MR) is 85.0 cm³/mol. The molecule has 1 aromatic heterocycles. The standard InChI is InChI=1S/C15H21F3N4O3/c1-2-25-14(24)21-9-6-13(23)20-8-3-7-19-12-5-4-11(10-22-12)15(16,17)18/h4-5,10H,2-3,6-9H2,1H3,(H,19,22)(H,20,23)(H,21,24). The van der Waals surface area contributed by atoms with Gasteiger partial charge in [0.2, 0.25) is 5.91 Å². The lowest BCUT2D eigenvalue weighted by atomic mass is 10.3. The summed E-state index contributed by atoms with van der Waals surface area (Å²) in [7, 11) is 0. The Hall–Kier alpha value is -2.52. The zero-order chi connectivity index (χ0) is 18.7. The monoisotopic (exact) mass is 362 g/mol. The van der Waals surface area contributed by atoms with Crippen molar-refractivity contribution in [2.24, 2.45) is 0 Å². The second kappa shape index (κ2) is 10.4. The molecule has 10 heteroatoms. The molecule has 0 unspecified atom stereocenters. The van der Waals surface area contributed by atoms with Crippen LogP contribution in [-0.2, 0) is 15.7 Å². The third-order valence-electron chi connectivity index (χ3n) is 2.97. The highest BCUT2D eigenvalue weighted by Crippen LogP contribution is 2.28. The minimum atomic E-state index is -4.40.